The highest BCUT2D eigenvalue weighted by molar-refractivity contribution is 5.89. The molecule has 28 heavy (non-hydrogen) atoms. The van der Waals surface area contributed by atoms with Crippen LogP contribution in [-0.2, 0) is 16.6 Å². The zero-order valence-electron chi connectivity index (χ0n) is 17.8. The Kier molecular flexibility index (Phi) is 6.31. The number of fused-ring (bicyclic) bond motifs is 1. The van der Waals surface area contributed by atoms with E-state index in [-0.39, 0.29) is 17.4 Å². The predicted octanol–water partition coefficient (Wildman–Crippen LogP) is 4.24. The van der Waals surface area contributed by atoms with Crippen LogP contribution in [0.15, 0.2) is 18.2 Å². The molecule has 2 atom stereocenters. The van der Waals surface area contributed by atoms with Gasteiger partial charge in [0.2, 0.25) is 0 Å². The van der Waals surface area contributed by atoms with E-state index in [4.69, 9.17) is 4.74 Å². The zero-order valence-corrected chi connectivity index (χ0v) is 17.8. The molecule has 2 amide bonds. The van der Waals surface area contributed by atoms with Crippen LogP contribution in [0.2, 0.25) is 0 Å². The third-order valence-electron chi connectivity index (χ3n) is 7.00. The van der Waals surface area contributed by atoms with Gasteiger partial charge in [0.15, 0.2) is 0 Å². The first kappa shape index (κ1) is 20.7. The van der Waals surface area contributed by atoms with Crippen molar-refractivity contribution in [1.29, 1.82) is 0 Å². The summed E-state index contributed by atoms with van der Waals surface area (Å²) in [6, 6.07) is 6.11. The van der Waals surface area contributed by atoms with Crippen LogP contribution in [0.25, 0.3) is 0 Å². The number of urea groups is 1. The van der Waals surface area contributed by atoms with E-state index >= 15 is 0 Å². The highest BCUT2D eigenvalue weighted by Gasteiger charge is 2.38. The Hall–Kier alpha value is -2.04. The number of hydrogen-bond donors (Lipinski definition) is 0. The fourth-order valence-electron chi connectivity index (χ4n) is 4.73. The first-order valence-corrected chi connectivity index (χ1v) is 10.6. The van der Waals surface area contributed by atoms with Gasteiger partial charge in [-0.25, -0.2) is 9.59 Å². The topological polar surface area (TPSA) is 49.9 Å². The number of nitrogens with zero attached hydrogens (tertiary/aromatic N) is 2. The molecule has 0 bridgehead atoms. The Balaban J connectivity index is 1.77. The molecular weight excluding hydrogens is 352 g/mol. The molecule has 1 saturated heterocycles. The highest BCUT2D eigenvalue weighted by atomic mass is 16.5. The van der Waals surface area contributed by atoms with Crippen molar-refractivity contribution >= 4 is 12.0 Å². The summed E-state index contributed by atoms with van der Waals surface area (Å²) in [5.41, 5.74) is 3.11. The van der Waals surface area contributed by atoms with Crippen LogP contribution in [0, 0.1) is 5.92 Å². The quantitative estimate of drug-likeness (QED) is 0.727. The van der Waals surface area contributed by atoms with Gasteiger partial charge in [-0.1, -0.05) is 19.9 Å². The molecule has 1 aliphatic carbocycles. The van der Waals surface area contributed by atoms with Crippen molar-refractivity contribution in [1.82, 2.24) is 9.80 Å². The van der Waals surface area contributed by atoms with Gasteiger partial charge in [-0.3, -0.25) is 0 Å². The van der Waals surface area contributed by atoms with E-state index < -0.39 is 0 Å². The van der Waals surface area contributed by atoms with Crippen molar-refractivity contribution in [2.45, 2.75) is 57.8 Å². The summed E-state index contributed by atoms with van der Waals surface area (Å²) in [6.07, 6.45) is 6.50. The predicted molar refractivity (Wildman–Crippen MR) is 111 cm³/mol. The van der Waals surface area contributed by atoms with E-state index in [9.17, 15) is 9.59 Å². The molecule has 0 aromatic heterocycles. The maximum Gasteiger partial charge on any atom is 0.337 e. The smallest absolute Gasteiger partial charge is 0.337 e. The lowest BCUT2D eigenvalue weighted by molar-refractivity contribution is 0.0600. The van der Waals surface area contributed by atoms with E-state index in [0.29, 0.717) is 11.5 Å². The Morgan fingerprint density at radius 2 is 1.96 bits per heavy atom. The number of rotatable bonds is 4. The fraction of sp³-hybridized carbons (Fsp3) is 0.652. The monoisotopic (exact) mass is 386 g/mol. The number of methoxy groups -OCH3 is 1. The number of esters is 1. The van der Waals surface area contributed by atoms with Crippen LogP contribution in [-0.4, -0.2) is 55.6 Å². The summed E-state index contributed by atoms with van der Waals surface area (Å²) in [5.74, 6) is 0.201. The molecule has 1 aromatic rings. The van der Waals surface area contributed by atoms with E-state index in [0.717, 1.165) is 51.7 Å². The molecule has 154 valence electrons. The second-order valence-electron chi connectivity index (χ2n) is 8.72. The molecule has 5 nitrogen and oxygen atoms in total. The van der Waals surface area contributed by atoms with Gasteiger partial charge in [0.05, 0.1) is 12.7 Å². The lowest BCUT2D eigenvalue weighted by atomic mass is 9.63. The summed E-state index contributed by atoms with van der Waals surface area (Å²) < 4.78 is 4.92. The normalized spacial score (nSPS) is 24.4. The maximum absolute atomic E-state index is 12.8. The van der Waals surface area contributed by atoms with Crippen LogP contribution in [0.1, 0.15) is 67.4 Å². The van der Waals surface area contributed by atoms with Gasteiger partial charge >= 0.3 is 12.0 Å². The number of carbonyl (C=O) groups is 2. The van der Waals surface area contributed by atoms with Crippen LogP contribution in [0.5, 0.6) is 0 Å². The summed E-state index contributed by atoms with van der Waals surface area (Å²) in [6.45, 7) is 7.05. The van der Waals surface area contributed by atoms with Gasteiger partial charge in [-0.2, -0.15) is 0 Å². The van der Waals surface area contributed by atoms with Crippen molar-refractivity contribution in [2.24, 2.45) is 5.92 Å². The van der Waals surface area contributed by atoms with E-state index in [1.807, 2.05) is 29.0 Å². The van der Waals surface area contributed by atoms with Gasteiger partial charge in [0, 0.05) is 26.7 Å². The first-order chi connectivity index (χ1) is 13.4. The molecule has 0 saturated carbocycles. The standard InChI is InChI=1S/C23H34N2O3/c1-17-8-9-18-10-11-19(21(26)28-4)16-20(18)23(17,2)12-15-24(3)22(27)25-13-6-5-7-14-25/h10-11,16-17H,5-9,12-15H2,1-4H3/t17-,23-/m1/s1. The lowest BCUT2D eigenvalue weighted by Gasteiger charge is -2.43. The van der Waals surface area contributed by atoms with Gasteiger partial charge in [-0.15, -0.1) is 0 Å². The second-order valence-corrected chi connectivity index (χ2v) is 8.72. The molecule has 0 radical (unpaired) electrons. The number of hydrogen-bond acceptors (Lipinski definition) is 3. The summed E-state index contributed by atoms with van der Waals surface area (Å²) in [4.78, 5) is 28.7. The van der Waals surface area contributed by atoms with Crippen LogP contribution >= 0.6 is 0 Å². The third-order valence-corrected chi connectivity index (χ3v) is 7.00. The van der Waals surface area contributed by atoms with Crippen LogP contribution < -0.4 is 0 Å². The molecule has 5 heteroatoms. The Bertz CT molecular complexity index is 727. The Morgan fingerprint density at radius 1 is 1.25 bits per heavy atom. The molecule has 1 aliphatic heterocycles. The van der Waals surface area contributed by atoms with Crippen molar-refractivity contribution in [3.8, 4) is 0 Å². The van der Waals surface area contributed by atoms with Gasteiger partial charge in [0.25, 0.3) is 0 Å². The molecule has 0 spiro atoms. The van der Waals surface area contributed by atoms with Crippen molar-refractivity contribution in [3.63, 3.8) is 0 Å². The number of aryl methyl sites for hydroxylation is 1. The van der Waals surface area contributed by atoms with E-state index in [1.54, 1.807) is 0 Å². The molecule has 0 N–H and O–H groups in total. The van der Waals surface area contributed by atoms with Crippen LogP contribution in [0.4, 0.5) is 4.79 Å². The van der Waals surface area contributed by atoms with E-state index in [1.165, 1.54) is 24.7 Å². The molecule has 1 heterocycles. The molecule has 2 aliphatic rings. The van der Waals surface area contributed by atoms with Gasteiger partial charge in [0.1, 0.15) is 0 Å². The Morgan fingerprint density at radius 3 is 2.64 bits per heavy atom. The number of ether oxygens (including phenoxy) is 1. The minimum absolute atomic E-state index is 0.0615. The largest absolute Gasteiger partial charge is 0.465 e. The number of carbonyl (C=O) groups excluding carboxylic acids is 2. The molecule has 1 fully saturated rings. The zero-order chi connectivity index (χ0) is 20.3. The van der Waals surface area contributed by atoms with Crippen molar-refractivity contribution in [3.05, 3.63) is 34.9 Å². The molecule has 1 aromatic carbocycles. The molecule has 3 rings (SSSR count). The first-order valence-electron chi connectivity index (χ1n) is 10.6. The SMILES string of the molecule is COC(=O)c1ccc2c(c1)[C@](C)(CCN(C)C(=O)N1CCCCC1)[C@H](C)CC2. The summed E-state index contributed by atoms with van der Waals surface area (Å²) in [7, 11) is 3.34. The molecule has 0 unspecified atom stereocenters. The number of piperidine rings is 1. The second kappa shape index (κ2) is 8.54. The lowest BCUT2D eigenvalue weighted by Crippen LogP contribution is -2.46. The minimum atomic E-state index is -0.291. The Labute approximate surface area is 169 Å². The summed E-state index contributed by atoms with van der Waals surface area (Å²) in [5, 5.41) is 0. The molecular formula is C23H34N2O3. The van der Waals surface area contributed by atoms with Crippen molar-refractivity contribution < 1.29 is 14.3 Å². The number of benzene rings is 1. The number of likely N-dealkylation sites (tertiary alicyclic amines) is 1. The fourth-order valence-corrected chi connectivity index (χ4v) is 4.73. The minimum Gasteiger partial charge on any atom is -0.465 e. The maximum atomic E-state index is 12.8. The van der Waals surface area contributed by atoms with Gasteiger partial charge < -0.3 is 14.5 Å². The summed E-state index contributed by atoms with van der Waals surface area (Å²) >= 11 is 0. The van der Waals surface area contributed by atoms with Crippen molar-refractivity contribution in [2.75, 3.05) is 33.8 Å². The number of amides is 2. The van der Waals surface area contributed by atoms with Gasteiger partial charge in [-0.05, 0) is 73.1 Å². The van der Waals surface area contributed by atoms with Crippen LogP contribution in [0.3, 0.4) is 0 Å². The third kappa shape index (κ3) is 4.03. The van der Waals surface area contributed by atoms with E-state index in [2.05, 4.69) is 19.9 Å². The average Bonchev–Trinajstić information content (AvgIpc) is 2.74. The highest BCUT2D eigenvalue weighted by Crippen LogP contribution is 2.44. The average molecular weight is 387 g/mol.